The van der Waals surface area contributed by atoms with Crippen molar-refractivity contribution >= 4 is 174 Å². The van der Waals surface area contributed by atoms with Crippen LogP contribution < -0.4 is 5.73 Å². The molecule has 4 saturated carbocycles. The predicted molar refractivity (Wildman–Crippen MR) is 414 cm³/mol. The van der Waals surface area contributed by atoms with Gasteiger partial charge in [0.25, 0.3) is 0 Å². The topological polar surface area (TPSA) is 327 Å². The van der Waals surface area contributed by atoms with E-state index in [2.05, 4.69) is 74.1 Å². The quantitative estimate of drug-likeness (QED) is 0.0536. The summed E-state index contributed by atoms with van der Waals surface area (Å²) in [6.07, 6.45) is 7.57. The first-order chi connectivity index (χ1) is 48.3. The number of hydrogen-bond donors (Lipinski definition) is 5. The summed E-state index contributed by atoms with van der Waals surface area (Å²) in [4.78, 5) is 42.4. The van der Waals surface area contributed by atoms with Gasteiger partial charge in [-0.05, 0) is 138 Å². The van der Waals surface area contributed by atoms with Crippen molar-refractivity contribution < 1.29 is 67.8 Å². The molecule has 2 unspecified atom stereocenters. The minimum absolute atomic E-state index is 0.00349. The number of nitrogen functional groups attached to an aromatic ring is 1. The smallest absolute Gasteiger partial charge is 0.200 e. The summed E-state index contributed by atoms with van der Waals surface area (Å²) in [6, 6.07) is 16.5. The van der Waals surface area contributed by atoms with E-state index in [0.29, 0.717) is 132 Å². The summed E-state index contributed by atoms with van der Waals surface area (Å²) in [5, 5.41) is 28.9. The molecule has 13 rings (SSSR count). The van der Waals surface area contributed by atoms with E-state index in [1.54, 1.807) is 36.0 Å². The zero-order chi connectivity index (χ0) is 76.7. The number of thioether (sulfide) groups is 1. The Morgan fingerprint density at radius 1 is 0.452 bits per heavy atom. The molecule has 0 spiro atoms. The van der Waals surface area contributed by atoms with Gasteiger partial charge in [0.1, 0.15) is 48.3 Å². The van der Waals surface area contributed by atoms with Crippen molar-refractivity contribution in [1.82, 2.24) is 19.9 Å². The van der Waals surface area contributed by atoms with E-state index in [1.807, 2.05) is 59.7 Å². The average Bonchev–Trinajstić information content (AvgIpc) is 1.50. The highest BCUT2D eigenvalue weighted by Crippen LogP contribution is 2.45. The number of sulfone groups is 3. The van der Waals surface area contributed by atoms with Crippen LogP contribution in [0.2, 0.25) is 25.1 Å². The first-order valence-corrected chi connectivity index (χ1v) is 42.3. The summed E-state index contributed by atoms with van der Waals surface area (Å²) < 4.78 is 101. The van der Waals surface area contributed by atoms with E-state index in [9.17, 15) is 50.2 Å². The SMILES string of the molecule is CC(C)(C)c1nc2ccc(Cl)c(S(=O)(=O)C3CCCC(=O)C3)c2o1.CC(C)(C)c1nc2ccc(Cl)c(S(=O)(=O)[C@H]3CCC[C@H](O)C3)c2o1.CC(C)(C)c1nc2ccc(Cl)c(S)c2o1.CC(C)(C)c1nc2ccc(Cl)c(SC3CCCC(=O)C3)c2o1.Nc1ccc(Cl)c(S(=O)(=O)[C@H]2CCC[C@H](O)C2)c1O. The number of oxazole rings is 4. The molecule has 9 aromatic rings. The van der Waals surface area contributed by atoms with Crippen molar-refractivity contribution in [2.75, 3.05) is 5.73 Å². The maximum atomic E-state index is 13.1. The number of aliphatic hydroxyl groups is 2. The highest BCUT2D eigenvalue weighted by Gasteiger charge is 2.40. The van der Waals surface area contributed by atoms with Gasteiger partial charge in [-0.2, -0.15) is 0 Å². The van der Waals surface area contributed by atoms with Gasteiger partial charge in [0, 0.05) is 52.6 Å². The van der Waals surface area contributed by atoms with Gasteiger partial charge in [-0.25, -0.2) is 45.2 Å². The number of carbonyl (C=O) groups is 2. The summed E-state index contributed by atoms with van der Waals surface area (Å²) in [7, 11) is -11.3. The number of aliphatic hydroxyl groups excluding tert-OH is 2. The lowest BCUT2D eigenvalue weighted by Crippen LogP contribution is -2.31. The van der Waals surface area contributed by atoms with E-state index in [4.69, 9.17) is 81.4 Å². The van der Waals surface area contributed by atoms with Gasteiger partial charge >= 0.3 is 0 Å². The van der Waals surface area contributed by atoms with Crippen LogP contribution in [-0.4, -0.2) is 105 Å². The fourth-order valence-corrected chi connectivity index (χ4v) is 21.8. The van der Waals surface area contributed by atoms with E-state index in [-0.39, 0.29) is 98.6 Å². The number of phenolic OH excluding ortho intramolecular Hbond substituents is 1. The van der Waals surface area contributed by atoms with Crippen LogP contribution in [0.25, 0.3) is 44.4 Å². The first-order valence-electron chi connectivity index (χ1n) is 34.4. The molecule has 0 saturated heterocycles. The Labute approximate surface area is 642 Å². The second kappa shape index (κ2) is 32.6. The standard InChI is InChI=1S/C17H22ClNO4S.C17H20ClNO4S.C17H20ClNO2S.C12H16ClNO4S.C11H12ClNOS/c2*1-17(2,3)16-19-13-8-7-12(18)15(14(13)23-16)24(21,22)11-6-4-5-10(20)9-11;1-17(2,3)16-19-13-8-7-12(18)15(14(13)21-16)22-11-6-4-5-10(20)9-11;13-9-4-5-10(14)11(16)12(9)19(17,18)8-3-1-2-7(15)6-8;1-11(2,3)10-13-7-5-4-6(12)9(15)8(7)14-10/h7-8,10-11,20H,4-6,9H2,1-3H3;7-8,11H,4-6,9H2,1-3H3;7-8,11H,4-6,9H2,1-3H3;4-5,7-8,15-16H,1-3,6,14H2;4-5,15H,1-3H3/t10-,11-;;;7-,8-;/m0..0./s1. The van der Waals surface area contributed by atoms with Crippen molar-refractivity contribution in [3.63, 3.8) is 0 Å². The maximum absolute atomic E-state index is 13.1. The molecule has 0 aliphatic heterocycles. The van der Waals surface area contributed by atoms with E-state index in [1.165, 1.54) is 18.2 Å². The van der Waals surface area contributed by atoms with Crippen LogP contribution in [-0.2, 0) is 60.8 Å². The number of aromatic hydroxyl groups is 1. The molecular formula is C74H90Cl5N5O15S5. The number of nitrogens with two attached hydrogens (primary N) is 1. The van der Waals surface area contributed by atoms with Crippen molar-refractivity contribution in [3.8, 4) is 5.75 Å². The molecular weight excluding hydrogens is 1540 g/mol. The van der Waals surface area contributed by atoms with Crippen LogP contribution in [0.4, 0.5) is 5.69 Å². The fourth-order valence-electron chi connectivity index (χ4n) is 12.3. The summed E-state index contributed by atoms with van der Waals surface area (Å²) in [5.41, 5.74) is 8.94. The first kappa shape index (κ1) is 82.9. The van der Waals surface area contributed by atoms with Crippen LogP contribution in [0.1, 0.15) is 209 Å². The Morgan fingerprint density at radius 2 is 0.798 bits per heavy atom. The number of benzene rings is 5. The number of nitrogens with zero attached hydrogens (tertiary/aromatic N) is 4. The monoisotopic (exact) mass is 1620 g/mol. The average molecular weight is 1630 g/mol. The number of thiol groups is 1. The van der Waals surface area contributed by atoms with Gasteiger partial charge < -0.3 is 38.7 Å². The van der Waals surface area contributed by atoms with Crippen molar-refractivity contribution in [2.45, 2.75) is 265 Å². The molecule has 6 atom stereocenters. The Morgan fingerprint density at radius 3 is 1.23 bits per heavy atom. The molecule has 566 valence electrons. The number of aromatic nitrogens is 4. The zero-order valence-corrected chi connectivity index (χ0v) is 68.1. The van der Waals surface area contributed by atoms with Crippen molar-refractivity contribution in [2.24, 2.45) is 0 Å². The van der Waals surface area contributed by atoms with Gasteiger partial charge in [-0.1, -0.05) is 141 Å². The lowest BCUT2D eigenvalue weighted by Gasteiger charge is -2.26. The number of Topliss-reactive ketones (excluding diaryl/α,β-unsaturated/α-hetero) is 2. The molecule has 4 fully saturated rings. The zero-order valence-electron chi connectivity index (χ0n) is 60.1. The molecule has 20 nitrogen and oxygen atoms in total. The number of hydrogen-bond acceptors (Lipinski definition) is 22. The maximum Gasteiger partial charge on any atom is 0.200 e. The van der Waals surface area contributed by atoms with E-state index in [0.717, 1.165) is 34.4 Å². The fraction of sp³-hybridized carbons (Fsp3) is 0.514. The lowest BCUT2D eigenvalue weighted by atomic mass is 9.97. The van der Waals surface area contributed by atoms with Crippen LogP contribution >= 0.6 is 82.4 Å². The third-order valence-electron chi connectivity index (χ3n) is 18.1. The van der Waals surface area contributed by atoms with Gasteiger partial charge in [-0.3, -0.25) is 9.59 Å². The minimum Gasteiger partial charge on any atom is -0.504 e. The third-order valence-corrected chi connectivity index (χ3v) is 28.9. The molecule has 4 heterocycles. The molecule has 5 N–H and O–H groups in total. The molecule has 0 bridgehead atoms. The summed E-state index contributed by atoms with van der Waals surface area (Å²) in [5.74, 6) is 2.16. The Kier molecular flexibility index (Phi) is 26.0. The predicted octanol–water partition coefficient (Wildman–Crippen LogP) is 19.1. The minimum atomic E-state index is -3.80. The van der Waals surface area contributed by atoms with Crippen LogP contribution in [0.3, 0.4) is 0 Å². The van der Waals surface area contributed by atoms with Gasteiger partial charge in [0.05, 0.1) is 68.5 Å². The molecule has 4 aliphatic rings. The van der Waals surface area contributed by atoms with Crippen LogP contribution in [0.15, 0.2) is 103 Å². The number of rotatable bonds is 8. The third kappa shape index (κ3) is 19.1. The highest BCUT2D eigenvalue weighted by atomic mass is 35.5. The number of halogens is 5. The largest absolute Gasteiger partial charge is 0.504 e. The van der Waals surface area contributed by atoms with E-state index < -0.39 is 63.2 Å². The molecule has 5 aromatic carbocycles. The number of carbonyl (C=O) groups excluding carboxylic acids is 2. The normalized spacial score (nSPS) is 20.3. The Balaban J connectivity index is 0.000000152. The summed E-state index contributed by atoms with van der Waals surface area (Å²) in [6.45, 7) is 24.0. The Bertz CT molecular complexity index is 5030. The highest BCUT2D eigenvalue weighted by molar-refractivity contribution is 8.00. The van der Waals surface area contributed by atoms with Crippen LogP contribution in [0, 0.1) is 0 Å². The second-order valence-corrected chi connectivity index (χ2v) is 41.2. The van der Waals surface area contributed by atoms with Gasteiger partial charge in [-0.15, -0.1) is 24.4 Å². The number of phenols is 1. The number of anilines is 1. The van der Waals surface area contributed by atoms with Crippen molar-refractivity contribution in [3.05, 3.63) is 109 Å². The molecule has 0 radical (unpaired) electrons. The van der Waals surface area contributed by atoms with Gasteiger partial charge in [0.2, 0.25) is 23.6 Å². The van der Waals surface area contributed by atoms with Gasteiger partial charge in [0.15, 0.2) is 57.6 Å². The Hall–Kier alpha value is -5.16. The van der Waals surface area contributed by atoms with E-state index >= 15 is 0 Å². The lowest BCUT2D eigenvalue weighted by molar-refractivity contribution is -0.120. The molecule has 104 heavy (non-hydrogen) atoms. The second-order valence-electron chi connectivity index (χ2n) is 31.0. The molecule has 4 aromatic heterocycles. The van der Waals surface area contributed by atoms with Crippen molar-refractivity contribution in [1.29, 1.82) is 0 Å². The van der Waals surface area contributed by atoms with Crippen LogP contribution in [0.5, 0.6) is 5.75 Å². The molecule has 0 amide bonds. The molecule has 4 aliphatic carbocycles. The summed E-state index contributed by atoms with van der Waals surface area (Å²) >= 11 is 36.6. The number of ketones is 2. The number of fused-ring (bicyclic) bond motifs is 4. The molecule has 30 heteroatoms.